The maximum absolute atomic E-state index is 12.3. The summed E-state index contributed by atoms with van der Waals surface area (Å²) in [5.41, 5.74) is 15.9. The number of hydrogen-bond acceptors (Lipinski definition) is 4. The van der Waals surface area contributed by atoms with Gasteiger partial charge in [-0.3, -0.25) is 0 Å². The molecule has 0 saturated heterocycles. The fourth-order valence-electron chi connectivity index (χ4n) is 13.2. The van der Waals surface area contributed by atoms with Crippen LogP contribution in [0.25, 0.3) is 106 Å². The lowest BCUT2D eigenvalue weighted by molar-refractivity contribution is 0.752. The van der Waals surface area contributed by atoms with Crippen LogP contribution in [0.15, 0.2) is 231 Å². The van der Waals surface area contributed by atoms with Gasteiger partial charge in [0.15, 0.2) is 0 Å². The predicted octanol–water partition coefficient (Wildman–Crippen LogP) is 19.4. The molecule has 4 heterocycles. The summed E-state index contributed by atoms with van der Waals surface area (Å²) in [6.07, 6.45) is 0. The van der Waals surface area contributed by atoms with Gasteiger partial charge in [-0.2, -0.15) is 5.26 Å². The Balaban J connectivity index is 1.16. The number of rotatable bonds is 4. The summed E-state index contributed by atoms with van der Waals surface area (Å²) in [5.74, 6) is 0. The Hall–Kier alpha value is -9.56. The van der Waals surface area contributed by atoms with Crippen LogP contribution in [-0.4, -0.2) is 4.57 Å². The molecule has 4 nitrogen and oxygen atoms in total. The fraction of sp³-hybridized carbons (Fsp3) is 0.0145. The van der Waals surface area contributed by atoms with E-state index in [4.69, 9.17) is 4.85 Å². The lowest BCUT2D eigenvalue weighted by atomic mass is 9.64. The van der Waals surface area contributed by atoms with E-state index in [9.17, 15) is 11.8 Å². The minimum atomic E-state index is -0.676. The molecule has 11 aromatic carbocycles. The standard InChI is InChI=1S/C69H38N4S2/c1-71-62-60(41-20-4-2-5-21-41)51(40-70)63(72-56-32-16-14-30-54(56)69(55-31-15-17-33-57(55)72)52-28-12-8-24-43(52)44-25-9-13-29-53(44)69)61(42-22-6-3-7-23-42)66(62)73-64-47(36-38-49-45-26-10-18-34-58(45)74-67(49)64)48-37-39-50-46-27-11-19-35-59(46)75-68(50)65(48)73/h2-39H. The molecule has 0 amide bonds. The second-order valence-corrected chi connectivity index (χ2v) is 21.7. The Morgan fingerprint density at radius 3 is 1.35 bits per heavy atom. The van der Waals surface area contributed by atoms with E-state index in [0.717, 1.165) is 81.8 Å². The summed E-state index contributed by atoms with van der Waals surface area (Å²) in [6, 6.07) is 85.5. The largest absolute Gasteiger partial charge is 0.316 e. The second-order valence-electron chi connectivity index (χ2n) is 19.5. The molecule has 6 heteroatoms. The number of nitriles is 1. The summed E-state index contributed by atoms with van der Waals surface area (Å²) < 4.78 is 7.16. The zero-order valence-corrected chi connectivity index (χ0v) is 41.7. The number of benzene rings is 11. The maximum atomic E-state index is 12.3. The third-order valence-corrected chi connectivity index (χ3v) is 18.4. The maximum Gasteiger partial charge on any atom is 0.220 e. The van der Waals surface area contributed by atoms with Gasteiger partial charge in [0.2, 0.25) is 5.69 Å². The summed E-state index contributed by atoms with van der Waals surface area (Å²) in [7, 11) is 0. The van der Waals surface area contributed by atoms with Crippen molar-refractivity contribution in [2.45, 2.75) is 5.41 Å². The molecule has 1 spiro atoms. The van der Waals surface area contributed by atoms with Crippen molar-refractivity contribution < 1.29 is 0 Å². The van der Waals surface area contributed by atoms with Gasteiger partial charge in [-0.15, -0.1) is 22.7 Å². The number of thiophene rings is 2. The average molecular weight is 987 g/mol. The number of aromatic nitrogens is 1. The van der Waals surface area contributed by atoms with Gasteiger partial charge in [-0.25, -0.2) is 4.85 Å². The van der Waals surface area contributed by atoms with Gasteiger partial charge in [0.05, 0.1) is 60.7 Å². The van der Waals surface area contributed by atoms with Crippen molar-refractivity contribution in [2.24, 2.45) is 0 Å². The highest BCUT2D eigenvalue weighted by Gasteiger charge is 2.52. The molecule has 0 radical (unpaired) electrons. The van der Waals surface area contributed by atoms with Crippen molar-refractivity contribution in [3.8, 4) is 45.1 Å². The van der Waals surface area contributed by atoms with E-state index in [0.29, 0.717) is 16.8 Å². The Morgan fingerprint density at radius 2 is 0.840 bits per heavy atom. The van der Waals surface area contributed by atoms with Crippen molar-refractivity contribution >= 4 is 108 Å². The molecule has 0 N–H and O–H groups in total. The minimum Gasteiger partial charge on any atom is -0.316 e. The minimum absolute atomic E-state index is 0.420. The van der Waals surface area contributed by atoms with Crippen LogP contribution in [0.5, 0.6) is 0 Å². The number of para-hydroxylation sites is 2. The van der Waals surface area contributed by atoms with Crippen molar-refractivity contribution in [1.82, 2.24) is 4.57 Å². The molecule has 0 atom stereocenters. The predicted molar refractivity (Wildman–Crippen MR) is 314 cm³/mol. The van der Waals surface area contributed by atoms with E-state index >= 15 is 0 Å². The lowest BCUT2D eigenvalue weighted by Crippen LogP contribution is -2.36. The first-order valence-corrected chi connectivity index (χ1v) is 26.8. The molecule has 0 saturated carbocycles. The molecule has 75 heavy (non-hydrogen) atoms. The van der Waals surface area contributed by atoms with Gasteiger partial charge in [-0.1, -0.05) is 206 Å². The van der Waals surface area contributed by atoms with Gasteiger partial charge in [-0.05, 0) is 68.8 Å². The normalized spacial score (nSPS) is 13.1. The van der Waals surface area contributed by atoms with Gasteiger partial charge in [0, 0.05) is 52.8 Å². The average Bonchev–Trinajstić information content (AvgIpc) is 4.42. The molecule has 0 unspecified atom stereocenters. The molecule has 14 aromatic rings. The van der Waals surface area contributed by atoms with Crippen LogP contribution < -0.4 is 4.90 Å². The van der Waals surface area contributed by atoms with Crippen molar-refractivity contribution in [3.63, 3.8) is 0 Å². The number of anilines is 3. The van der Waals surface area contributed by atoms with Crippen LogP contribution in [-0.2, 0) is 5.41 Å². The molecule has 0 bridgehead atoms. The van der Waals surface area contributed by atoms with Gasteiger partial charge in [0.1, 0.15) is 6.07 Å². The zero-order valence-electron chi connectivity index (χ0n) is 40.0. The van der Waals surface area contributed by atoms with Crippen molar-refractivity contribution in [1.29, 1.82) is 5.26 Å². The molecule has 1 aliphatic carbocycles. The lowest BCUT2D eigenvalue weighted by Gasteiger charge is -2.46. The number of hydrogen-bond donors (Lipinski definition) is 0. The smallest absolute Gasteiger partial charge is 0.220 e. The third-order valence-electron chi connectivity index (χ3n) is 16.0. The Labute approximate surface area is 439 Å². The summed E-state index contributed by atoms with van der Waals surface area (Å²) in [4.78, 5) is 7.08. The molecule has 0 fully saturated rings. The SMILES string of the molecule is [C-]#[N+]c1c(-c2ccccc2)c(C#N)c(N2c3ccccc3C3(c4ccccc4-c4ccccc43)c3ccccc32)c(-c2ccccc2)c1-n1c2c(ccc3c4ccccc4sc32)c2ccc3c4ccccc4sc3c21. The summed E-state index contributed by atoms with van der Waals surface area (Å²) in [6.45, 7) is 9.62. The highest BCUT2D eigenvalue weighted by Crippen LogP contribution is 2.65. The van der Waals surface area contributed by atoms with Crippen LogP contribution in [0.1, 0.15) is 27.8 Å². The molecule has 3 aromatic heterocycles. The molecular formula is C69H38N4S2. The van der Waals surface area contributed by atoms with Crippen LogP contribution in [0.3, 0.4) is 0 Å². The highest BCUT2D eigenvalue weighted by molar-refractivity contribution is 7.27. The highest BCUT2D eigenvalue weighted by atomic mass is 32.1. The number of fused-ring (bicyclic) bond motifs is 20. The molecule has 16 rings (SSSR count). The fourth-order valence-corrected chi connectivity index (χ4v) is 15.7. The molecule has 1 aliphatic heterocycles. The first-order valence-electron chi connectivity index (χ1n) is 25.2. The van der Waals surface area contributed by atoms with Crippen LogP contribution >= 0.6 is 22.7 Å². The quantitative estimate of drug-likeness (QED) is 0.165. The Kier molecular flexibility index (Phi) is 8.80. The Morgan fingerprint density at radius 1 is 0.413 bits per heavy atom. The van der Waals surface area contributed by atoms with E-state index < -0.39 is 5.41 Å². The molecular weight excluding hydrogens is 949 g/mol. The van der Waals surface area contributed by atoms with Crippen molar-refractivity contribution in [2.75, 3.05) is 4.90 Å². The third kappa shape index (κ3) is 5.46. The van der Waals surface area contributed by atoms with Gasteiger partial charge in [0.25, 0.3) is 0 Å². The van der Waals surface area contributed by atoms with E-state index in [1.165, 1.54) is 53.2 Å². The summed E-state index contributed by atoms with van der Waals surface area (Å²) in [5, 5.41) is 19.2. The topological polar surface area (TPSA) is 36.3 Å². The van der Waals surface area contributed by atoms with Gasteiger partial charge < -0.3 is 9.47 Å². The van der Waals surface area contributed by atoms with Gasteiger partial charge >= 0.3 is 0 Å². The number of nitrogens with zero attached hydrogens (tertiary/aromatic N) is 4. The zero-order chi connectivity index (χ0) is 49.5. The summed E-state index contributed by atoms with van der Waals surface area (Å²) >= 11 is 3.61. The van der Waals surface area contributed by atoms with Crippen LogP contribution in [0.2, 0.25) is 0 Å². The second kappa shape index (κ2) is 15.7. The molecule has 346 valence electrons. The van der Waals surface area contributed by atoms with E-state index in [1.54, 1.807) is 22.7 Å². The van der Waals surface area contributed by atoms with E-state index in [1.807, 2.05) is 24.3 Å². The van der Waals surface area contributed by atoms with Crippen LogP contribution in [0.4, 0.5) is 22.7 Å². The van der Waals surface area contributed by atoms with E-state index in [2.05, 4.69) is 222 Å². The monoisotopic (exact) mass is 986 g/mol. The first-order chi connectivity index (χ1) is 37.2. The Bertz CT molecular complexity index is 4650. The van der Waals surface area contributed by atoms with Crippen LogP contribution in [0, 0.1) is 17.9 Å². The molecule has 2 aliphatic rings. The van der Waals surface area contributed by atoms with Crippen molar-refractivity contribution in [3.05, 3.63) is 270 Å². The van der Waals surface area contributed by atoms with E-state index in [-0.39, 0.29) is 0 Å². The first kappa shape index (κ1) is 42.0.